The van der Waals surface area contributed by atoms with Crippen LogP contribution in [-0.4, -0.2) is 201 Å². The summed E-state index contributed by atoms with van der Waals surface area (Å²) < 4.78 is 822. The van der Waals surface area contributed by atoms with Crippen molar-refractivity contribution in [3.8, 4) is 46.0 Å². The van der Waals surface area contributed by atoms with E-state index in [0.717, 1.165) is 42.7 Å². The van der Waals surface area contributed by atoms with E-state index in [1.54, 1.807) is 0 Å². The second-order valence-electron chi connectivity index (χ2n) is 27.2. The van der Waals surface area contributed by atoms with Crippen LogP contribution in [-0.2, 0) is 63.6 Å². The number of ether oxygens (including phenoxy) is 12. The van der Waals surface area contributed by atoms with E-state index in [2.05, 4.69) is 0 Å². The van der Waals surface area contributed by atoms with Crippen LogP contribution < -0.4 is 60.8 Å². The number of carbonyl (C=O) groups excluding carboxylic acids is 4. The number of nitrogens with zero attached hydrogens (tertiary/aromatic N) is 4. The lowest BCUT2D eigenvalue weighted by atomic mass is 9.79. The van der Waals surface area contributed by atoms with Gasteiger partial charge in [-0.2, -0.15) is 0 Å². The number of esters is 4. The van der Waals surface area contributed by atoms with Crippen molar-refractivity contribution in [3.05, 3.63) is 92.8 Å². The Bertz CT molecular complexity index is 8100. The summed E-state index contributed by atoms with van der Waals surface area (Å²) in [5, 5.41) is 0. The van der Waals surface area contributed by atoms with E-state index in [0.29, 0.717) is 0 Å². The zero-order valence-electron chi connectivity index (χ0n) is 156. The molecule has 12 unspecified atom stereocenters. The smallest absolute Gasteiger partial charge is 0.323 e. The van der Waals surface area contributed by atoms with Gasteiger partial charge in [-0.05, 0) is 191 Å². The average Bonchev–Trinajstić information content (AvgIpc) is 0.634. The first kappa shape index (κ1) is 32.1. The lowest BCUT2D eigenvalue weighted by Crippen LogP contribution is -2.51. The minimum Gasteiger partial charge on any atom is -0.493 e. The second-order valence-corrected chi connectivity index (χ2v) is 27.2. The number of piperidine rings is 4. The number of methoxy groups -OCH3 is 8. The van der Waals surface area contributed by atoms with Gasteiger partial charge in [0.05, 0.1) is 91.0 Å². The summed E-state index contributed by atoms with van der Waals surface area (Å²) in [4.78, 5) is 53.8. The molecule has 16 atom stereocenters. The van der Waals surface area contributed by atoms with E-state index < -0.39 is 513 Å². The fourth-order valence-electron chi connectivity index (χ4n) is 11.0. The van der Waals surface area contributed by atoms with Gasteiger partial charge in [0.1, 0.15) is 48.4 Å². The summed E-state index contributed by atoms with van der Waals surface area (Å²) in [6.45, 7) is -54.3. The number of fused-ring (bicyclic) bond motifs is 12. The van der Waals surface area contributed by atoms with Crippen LogP contribution in [0.4, 0.5) is 0 Å². The van der Waals surface area contributed by atoms with Crippen molar-refractivity contribution in [3.63, 3.8) is 0 Å². The Morgan fingerprint density at radius 2 is 0.592 bits per heavy atom. The standard InChI is InChI=1S/4C24H38N2O4/c4*1-14(2)9-17-13-26-8-7-16-10-21(28-5)22(29-6)11-18(16)19(26)12-20(17)30-24(27)23(25)15(3)4/h4*10-11,14-15,17,19-20,23H,7-9,12-13,25H2,1-6H3/t4*17?,19?,20?,23-/m0000/s1/i2*3D3,4D3,5D3,7D2,8D2,10D,11D,12D2,13D2,15D,17D,19D,20D,23D;3D3,4D3,7D2,8D2,10D,11D,12D2,13D2,15D,17D,19D,20D,23D;3D3,4D3,7D2,8D2,10D,11D,12D2,13D2,15D,17D,19D,23D. The van der Waals surface area contributed by atoms with Crippen LogP contribution in [0.15, 0.2) is 48.3 Å². The molecule has 0 radical (unpaired) electrons. The molecule has 8 aliphatic heterocycles. The first-order valence-corrected chi connectivity index (χ1v) is 35.6. The van der Waals surface area contributed by atoms with E-state index in [4.69, 9.17) is 165 Å². The predicted molar refractivity (Wildman–Crippen MR) is 471 cm³/mol. The topological polar surface area (TPSA) is 296 Å². The quantitative estimate of drug-likeness (QED) is 0.0303. The van der Waals surface area contributed by atoms with Crippen molar-refractivity contribution in [1.82, 2.24) is 19.6 Å². The van der Waals surface area contributed by atoms with Crippen LogP contribution in [0.3, 0.4) is 0 Å². The van der Waals surface area contributed by atoms with Gasteiger partial charge in [0.2, 0.25) is 0 Å². The summed E-state index contributed by atoms with van der Waals surface area (Å²) in [6, 6.07) is -43.2. The molecule has 24 heteroatoms. The summed E-state index contributed by atoms with van der Waals surface area (Å²) in [7, 11) is -1.46. The maximum Gasteiger partial charge on any atom is 0.323 e. The van der Waals surface area contributed by atoms with Crippen molar-refractivity contribution in [2.45, 2.75) is 259 Å². The molecule has 4 aromatic carbocycles. The van der Waals surface area contributed by atoms with E-state index in [1.165, 1.54) is 55.4 Å². The first-order chi connectivity index (χ1) is 91.4. The fourth-order valence-corrected chi connectivity index (χ4v) is 11.0. The molecule has 4 aromatic rings. The highest BCUT2D eigenvalue weighted by Gasteiger charge is 2.47. The van der Waals surface area contributed by atoms with E-state index in [-0.39, 0.29) is 9.80 Å². The predicted octanol–water partition coefficient (Wildman–Crippen LogP) is 14.3. The Morgan fingerprint density at radius 1 is 0.367 bits per heavy atom. The van der Waals surface area contributed by atoms with Crippen LogP contribution >= 0.6 is 0 Å². The fraction of sp³-hybridized carbons (Fsp3) is 0.708. The van der Waals surface area contributed by atoms with Gasteiger partial charge < -0.3 is 79.8 Å². The molecular formula is C96H152N8O16. The molecule has 0 amide bonds. The molecule has 8 aliphatic rings. The van der Waals surface area contributed by atoms with Crippen molar-refractivity contribution in [1.29, 1.82) is 0 Å². The molecule has 8 heterocycles. The van der Waals surface area contributed by atoms with Gasteiger partial charge in [-0.3, -0.25) is 38.8 Å². The van der Waals surface area contributed by atoms with Crippen LogP contribution in [0.1, 0.15) is 352 Å². The molecule has 12 rings (SSSR count). The minimum atomic E-state index is -4.42. The van der Waals surface area contributed by atoms with Crippen LogP contribution in [0.2, 0.25) is 0 Å². The zero-order chi connectivity index (χ0) is 166. The van der Waals surface area contributed by atoms with Gasteiger partial charge in [0, 0.05) is 213 Å². The van der Waals surface area contributed by atoms with Gasteiger partial charge in [-0.1, -0.05) is 110 Å². The molecular weight excluding hydrogens is 1520 g/mol. The number of hydrogen-bond acceptors (Lipinski definition) is 24. The van der Waals surface area contributed by atoms with E-state index in [1.807, 2.05) is 0 Å². The Morgan fingerprint density at radius 3 is 0.833 bits per heavy atom. The first-order valence-electron chi connectivity index (χ1n) is 80.1. The highest BCUT2D eigenvalue weighted by Crippen LogP contribution is 2.50. The van der Waals surface area contributed by atoms with E-state index >= 15 is 0 Å². The van der Waals surface area contributed by atoms with E-state index in [9.17, 15) is 56.2 Å². The molecule has 0 aliphatic carbocycles. The Hall–Kier alpha value is -7.16. The number of nitrogens with two attached hydrogens (primary N) is 4. The lowest BCUT2D eigenvalue weighted by Gasteiger charge is -2.47. The summed E-state index contributed by atoms with van der Waals surface area (Å²) in [5.41, 5.74) is 11.7. The molecule has 24 nitrogen and oxygen atoms in total. The zero-order valence-corrected chi connectivity index (χ0v) is 66.8. The number of carbonyl (C=O) groups is 4. The Kier molecular flexibility index (Phi) is 11.7. The van der Waals surface area contributed by atoms with Crippen molar-refractivity contribution >= 4 is 23.9 Å². The maximum absolute atomic E-state index is 13.9. The molecule has 120 heavy (non-hydrogen) atoms. The molecule has 672 valence electrons. The molecule has 4 saturated heterocycles. The summed E-state index contributed by atoms with van der Waals surface area (Å²) >= 11 is 0. The largest absolute Gasteiger partial charge is 0.493 e. The molecule has 0 bridgehead atoms. The van der Waals surface area contributed by atoms with Crippen molar-refractivity contribution < 1.29 is 198 Å². The van der Waals surface area contributed by atoms with Gasteiger partial charge in [-0.25, -0.2) is 0 Å². The van der Waals surface area contributed by atoms with Gasteiger partial charge in [0.25, 0.3) is 0 Å². The van der Waals surface area contributed by atoms with Gasteiger partial charge in [-0.15, -0.1) is 0 Å². The molecule has 8 N–H and O–H groups in total. The Balaban J connectivity index is 0.000000301. The summed E-state index contributed by atoms with van der Waals surface area (Å²) in [6.07, 6.45) is -52.3. The lowest BCUT2D eigenvalue weighted by molar-refractivity contribution is -0.161. The summed E-state index contributed by atoms with van der Waals surface area (Å²) in [5.74, 6) is -53.5. The normalized spacial score (nSPS) is 51.7. The third-order valence-electron chi connectivity index (χ3n) is 16.5. The number of rotatable bonds is 28. The van der Waals surface area contributed by atoms with Crippen molar-refractivity contribution in [2.75, 3.05) is 109 Å². The van der Waals surface area contributed by atoms with Crippen LogP contribution in [0.25, 0.3) is 0 Å². The molecule has 4 fully saturated rings. The monoisotopic (exact) mass is 1760 g/mol. The van der Waals surface area contributed by atoms with Crippen LogP contribution in [0, 0.1) is 70.8 Å². The van der Waals surface area contributed by atoms with Gasteiger partial charge >= 0.3 is 23.9 Å². The van der Waals surface area contributed by atoms with Crippen LogP contribution in [0.5, 0.6) is 46.0 Å². The molecule has 0 aromatic heterocycles. The highest BCUT2D eigenvalue weighted by atomic mass is 16.6. The molecule has 0 saturated carbocycles. The SMILES string of the molecule is [2H]c1c(OC([2H])([2H])[2H])c(OC)c([2H])c2c1C([2H])([2H])C([2H])([2H])N1C([2H])([2H])C([2H])(CC(C)C)C([2H])(OC(=O)[C@@]([2H])(N)C([2H])(C([2H])([2H])[2H])C([2H])([2H])[2H])C([2H])([2H])C21[2H].[2H]c1c(OC([2H])([2H])[2H])c(OC)c([2H])c2c1C([2H])([2H])C([2H])([2H])N1C([2H])([2H])C([2H])(CC(C)C)C([2H])(OC(=O)[C@@]([2H])(N)C([2H])(C([2H])([2H])[2H])C([2H])([2H])[2H])C([2H])([2H])C21[2H].[2H]c1c(OC)c(OC)c([2H])c2c1C([2H])([2H])C([2H])([2H])N1C([2H])([2H])C([2H])(CC(C)C)C(OC(=O)[C@@]([2H])(N)C([2H])(C([2H])([2H])[2H])C([2H])([2H])[2H])C([2H])([2H])C21[2H].[2H]c1c(OC)c(OC)c([2H])c2c1C([2H])([2H])C([2H])([2H])N1C([2H])([2H])C([2H])(CC(C)C)C([2H])(OC(=O)[C@@]([2H])(N)C([2H])(C([2H])([2H])[2H])C([2H])([2H])[2H])C([2H])([2H])C21[2H]. The average molecular weight is 1760 g/mol. The highest BCUT2D eigenvalue weighted by molar-refractivity contribution is 5.77. The van der Waals surface area contributed by atoms with Crippen molar-refractivity contribution in [2.24, 2.45) is 93.8 Å². The van der Waals surface area contributed by atoms with Gasteiger partial charge in [0.15, 0.2) is 46.0 Å². The Labute approximate surface area is 843 Å². The second kappa shape index (κ2) is 43.9. The third-order valence-corrected chi connectivity index (χ3v) is 16.5. The third kappa shape index (κ3) is 23.8. The molecule has 0 spiro atoms. The number of benzene rings is 4. The number of hydrogen-bond donors (Lipinski definition) is 4. The minimum absolute atomic E-state index is 0.255. The maximum atomic E-state index is 13.9.